The molecule has 0 aliphatic heterocycles. The van der Waals surface area contributed by atoms with Crippen molar-refractivity contribution in [1.82, 2.24) is 5.32 Å². The predicted molar refractivity (Wildman–Crippen MR) is 84.0 cm³/mol. The summed E-state index contributed by atoms with van der Waals surface area (Å²) in [5.74, 6) is 0. The summed E-state index contributed by atoms with van der Waals surface area (Å²) in [6, 6.07) is 19.5. The Morgan fingerprint density at radius 1 is 0.950 bits per heavy atom. The van der Waals surface area contributed by atoms with Gasteiger partial charge in [0.2, 0.25) is 0 Å². The van der Waals surface area contributed by atoms with E-state index in [-0.39, 0.29) is 6.04 Å². The molecule has 0 amide bonds. The minimum Gasteiger partial charge on any atom is -0.380 e. The Bertz CT molecular complexity index is 493. The van der Waals surface area contributed by atoms with Gasteiger partial charge >= 0.3 is 0 Å². The third kappa shape index (κ3) is 4.19. The van der Waals surface area contributed by atoms with Crippen molar-refractivity contribution in [2.75, 3.05) is 19.8 Å². The summed E-state index contributed by atoms with van der Waals surface area (Å²) in [6.45, 7) is 6.49. The second kappa shape index (κ2) is 7.83. The topological polar surface area (TPSA) is 21.3 Å². The molecule has 0 fully saturated rings. The Hall–Kier alpha value is -1.64. The second-order valence-corrected chi connectivity index (χ2v) is 4.91. The first-order valence-corrected chi connectivity index (χ1v) is 7.24. The lowest BCUT2D eigenvalue weighted by Crippen LogP contribution is -2.26. The Kier molecular flexibility index (Phi) is 5.78. The number of rotatable bonds is 7. The fraction of sp³-hybridized carbons (Fsp3) is 0.333. The molecule has 2 aromatic carbocycles. The van der Waals surface area contributed by atoms with Crippen LogP contribution in [0.15, 0.2) is 54.6 Å². The molecule has 0 bridgehead atoms. The summed E-state index contributed by atoms with van der Waals surface area (Å²) in [6.07, 6.45) is 0. The van der Waals surface area contributed by atoms with Crippen LogP contribution in [0.3, 0.4) is 0 Å². The van der Waals surface area contributed by atoms with Crippen molar-refractivity contribution in [1.29, 1.82) is 0 Å². The normalized spacial score (nSPS) is 12.3. The molecule has 0 aromatic heterocycles. The fourth-order valence-electron chi connectivity index (χ4n) is 2.25. The van der Waals surface area contributed by atoms with E-state index < -0.39 is 0 Å². The first-order chi connectivity index (χ1) is 9.81. The van der Waals surface area contributed by atoms with Crippen LogP contribution >= 0.6 is 0 Å². The van der Waals surface area contributed by atoms with Gasteiger partial charge in [0, 0.05) is 13.2 Å². The zero-order chi connectivity index (χ0) is 14.2. The Labute approximate surface area is 121 Å². The molecule has 1 N–H and O–H groups in total. The molecular weight excluding hydrogens is 246 g/mol. The first-order valence-electron chi connectivity index (χ1n) is 7.24. The molecule has 0 heterocycles. The average Bonchev–Trinajstić information content (AvgIpc) is 2.50. The summed E-state index contributed by atoms with van der Waals surface area (Å²) in [5, 5.41) is 3.58. The van der Waals surface area contributed by atoms with E-state index in [1.54, 1.807) is 0 Å². The van der Waals surface area contributed by atoms with E-state index in [0.717, 1.165) is 19.8 Å². The van der Waals surface area contributed by atoms with Gasteiger partial charge in [-0.3, -0.25) is 0 Å². The van der Waals surface area contributed by atoms with E-state index in [0.29, 0.717) is 0 Å². The highest BCUT2D eigenvalue weighted by Crippen LogP contribution is 2.22. The molecule has 106 valence electrons. The molecule has 2 heteroatoms. The first kappa shape index (κ1) is 14.8. The molecule has 0 radical (unpaired) electrons. The lowest BCUT2D eigenvalue weighted by Gasteiger charge is -2.20. The van der Waals surface area contributed by atoms with Gasteiger partial charge in [0.1, 0.15) is 0 Å². The smallest absolute Gasteiger partial charge is 0.0591 e. The molecule has 1 atom stereocenters. The van der Waals surface area contributed by atoms with Crippen LogP contribution in [0.1, 0.15) is 29.7 Å². The van der Waals surface area contributed by atoms with Gasteiger partial charge in [0.25, 0.3) is 0 Å². The number of nitrogens with one attached hydrogen (secondary N) is 1. The van der Waals surface area contributed by atoms with Gasteiger partial charge in [-0.25, -0.2) is 0 Å². The van der Waals surface area contributed by atoms with Crippen molar-refractivity contribution in [3.05, 3.63) is 71.3 Å². The van der Waals surface area contributed by atoms with Crippen LogP contribution in [0.25, 0.3) is 0 Å². The summed E-state index contributed by atoms with van der Waals surface area (Å²) in [7, 11) is 0. The zero-order valence-electron chi connectivity index (χ0n) is 12.3. The highest BCUT2D eigenvalue weighted by atomic mass is 16.5. The van der Waals surface area contributed by atoms with Crippen molar-refractivity contribution in [2.45, 2.75) is 19.9 Å². The highest BCUT2D eigenvalue weighted by molar-refractivity contribution is 5.33. The van der Waals surface area contributed by atoms with Gasteiger partial charge in [-0.1, -0.05) is 60.2 Å². The maximum absolute atomic E-state index is 5.41. The van der Waals surface area contributed by atoms with E-state index >= 15 is 0 Å². The third-order valence-corrected chi connectivity index (χ3v) is 3.34. The average molecular weight is 269 g/mol. The summed E-state index contributed by atoms with van der Waals surface area (Å²) in [4.78, 5) is 0. The summed E-state index contributed by atoms with van der Waals surface area (Å²) >= 11 is 0. The molecule has 0 saturated heterocycles. The van der Waals surface area contributed by atoms with Crippen molar-refractivity contribution in [2.24, 2.45) is 0 Å². The molecule has 2 aromatic rings. The fourth-order valence-corrected chi connectivity index (χ4v) is 2.25. The predicted octanol–water partition coefficient (Wildman–Crippen LogP) is 3.71. The molecule has 0 aliphatic carbocycles. The minimum absolute atomic E-state index is 0.220. The van der Waals surface area contributed by atoms with Gasteiger partial charge in [0.05, 0.1) is 12.6 Å². The van der Waals surface area contributed by atoms with E-state index in [9.17, 15) is 0 Å². The van der Waals surface area contributed by atoms with Crippen LogP contribution in [0.2, 0.25) is 0 Å². The van der Waals surface area contributed by atoms with E-state index in [2.05, 4.69) is 66.8 Å². The van der Waals surface area contributed by atoms with Gasteiger partial charge in [-0.2, -0.15) is 0 Å². The van der Waals surface area contributed by atoms with Crippen LogP contribution in [-0.2, 0) is 4.74 Å². The summed E-state index contributed by atoms with van der Waals surface area (Å²) in [5.41, 5.74) is 3.86. The molecule has 0 spiro atoms. The standard InChI is InChI=1S/C18H23NO/c1-3-20-14-13-19-18(16-7-5-4-6-8-16)17-11-9-15(2)10-12-17/h4-12,18-19H,3,13-14H2,1-2H3. The maximum Gasteiger partial charge on any atom is 0.0591 e. The van der Waals surface area contributed by atoms with Crippen LogP contribution in [0, 0.1) is 6.92 Å². The molecule has 1 unspecified atom stereocenters. The van der Waals surface area contributed by atoms with Crippen molar-refractivity contribution in [3.8, 4) is 0 Å². The van der Waals surface area contributed by atoms with Gasteiger partial charge in [-0.05, 0) is 25.0 Å². The lowest BCUT2D eigenvalue weighted by molar-refractivity contribution is 0.148. The van der Waals surface area contributed by atoms with Crippen LogP contribution in [0.4, 0.5) is 0 Å². The molecule has 20 heavy (non-hydrogen) atoms. The molecule has 2 nitrogen and oxygen atoms in total. The van der Waals surface area contributed by atoms with Gasteiger partial charge in [0.15, 0.2) is 0 Å². The molecule has 0 saturated carbocycles. The number of ether oxygens (including phenoxy) is 1. The van der Waals surface area contributed by atoms with E-state index in [1.165, 1.54) is 16.7 Å². The van der Waals surface area contributed by atoms with Crippen molar-refractivity contribution >= 4 is 0 Å². The van der Waals surface area contributed by atoms with Gasteiger partial charge < -0.3 is 10.1 Å². The van der Waals surface area contributed by atoms with Crippen LogP contribution < -0.4 is 5.32 Å². The number of benzene rings is 2. The Balaban J connectivity index is 2.13. The second-order valence-electron chi connectivity index (χ2n) is 4.91. The third-order valence-electron chi connectivity index (χ3n) is 3.34. The SMILES string of the molecule is CCOCCNC(c1ccccc1)c1ccc(C)cc1. The van der Waals surface area contributed by atoms with Crippen LogP contribution in [-0.4, -0.2) is 19.8 Å². The monoisotopic (exact) mass is 269 g/mol. The minimum atomic E-state index is 0.220. The Morgan fingerprint density at radius 2 is 1.60 bits per heavy atom. The molecule has 0 aliphatic rings. The quantitative estimate of drug-likeness (QED) is 0.774. The zero-order valence-corrected chi connectivity index (χ0v) is 12.3. The van der Waals surface area contributed by atoms with E-state index in [4.69, 9.17) is 4.74 Å². The Morgan fingerprint density at radius 3 is 2.25 bits per heavy atom. The number of hydrogen-bond donors (Lipinski definition) is 1. The number of aryl methyl sites for hydroxylation is 1. The summed E-state index contributed by atoms with van der Waals surface area (Å²) < 4.78 is 5.41. The van der Waals surface area contributed by atoms with Gasteiger partial charge in [-0.15, -0.1) is 0 Å². The van der Waals surface area contributed by atoms with Crippen molar-refractivity contribution in [3.63, 3.8) is 0 Å². The maximum atomic E-state index is 5.41. The number of hydrogen-bond acceptors (Lipinski definition) is 2. The highest BCUT2D eigenvalue weighted by Gasteiger charge is 2.12. The lowest BCUT2D eigenvalue weighted by atomic mass is 9.98. The van der Waals surface area contributed by atoms with Crippen molar-refractivity contribution < 1.29 is 4.74 Å². The largest absolute Gasteiger partial charge is 0.380 e. The molecule has 2 rings (SSSR count). The van der Waals surface area contributed by atoms with E-state index in [1.807, 2.05) is 6.92 Å². The molecular formula is C18H23NO. The van der Waals surface area contributed by atoms with Crippen LogP contribution in [0.5, 0.6) is 0 Å².